The fraction of sp³-hybridized carbons (Fsp3) is 0.375. The van der Waals surface area contributed by atoms with E-state index in [1.807, 2.05) is 4.90 Å². The van der Waals surface area contributed by atoms with E-state index >= 15 is 0 Å². The normalized spacial score (nSPS) is 18.4. The summed E-state index contributed by atoms with van der Waals surface area (Å²) in [5, 5.41) is 0. The predicted molar refractivity (Wildman–Crippen MR) is 43.4 cm³/mol. The molecule has 0 aromatic rings. The molecule has 0 unspecified atom stereocenters. The van der Waals surface area contributed by atoms with Crippen molar-refractivity contribution in [1.29, 1.82) is 0 Å². The summed E-state index contributed by atoms with van der Waals surface area (Å²) < 4.78 is 0. The van der Waals surface area contributed by atoms with Crippen molar-refractivity contribution in [3.8, 4) is 0 Å². The van der Waals surface area contributed by atoms with Crippen LogP contribution in [0.25, 0.3) is 0 Å². The zero-order valence-corrected chi connectivity index (χ0v) is 6.49. The number of hydrogen-bond donors (Lipinski definition) is 0. The standard InChI is InChI=1S/C8H12N2O/c1-3-9-6-5-8(11)10(4-2)7-9/h3-4H,1-2,5-7H2. The summed E-state index contributed by atoms with van der Waals surface area (Å²) >= 11 is 0. The van der Waals surface area contributed by atoms with Gasteiger partial charge in [-0.15, -0.1) is 0 Å². The highest BCUT2D eigenvalue weighted by atomic mass is 16.2. The molecule has 0 spiro atoms. The summed E-state index contributed by atoms with van der Waals surface area (Å²) in [4.78, 5) is 14.6. The Hall–Kier alpha value is -1.25. The molecule has 0 aromatic carbocycles. The Balaban J connectivity index is 2.57. The summed E-state index contributed by atoms with van der Waals surface area (Å²) in [5.41, 5.74) is 0. The van der Waals surface area contributed by atoms with Crippen molar-refractivity contribution in [2.45, 2.75) is 6.42 Å². The molecule has 3 nitrogen and oxygen atoms in total. The Morgan fingerprint density at radius 2 is 2.09 bits per heavy atom. The van der Waals surface area contributed by atoms with Crippen molar-refractivity contribution >= 4 is 5.91 Å². The lowest BCUT2D eigenvalue weighted by Gasteiger charge is -2.32. The van der Waals surface area contributed by atoms with Crippen molar-refractivity contribution < 1.29 is 4.79 Å². The van der Waals surface area contributed by atoms with Crippen molar-refractivity contribution in [1.82, 2.24) is 9.80 Å². The molecule has 0 radical (unpaired) electrons. The quantitative estimate of drug-likeness (QED) is 0.583. The van der Waals surface area contributed by atoms with Crippen LogP contribution in [0.5, 0.6) is 0 Å². The molecule has 11 heavy (non-hydrogen) atoms. The van der Waals surface area contributed by atoms with Gasteiger partial charge < -0.3 is 9.80 Å². The third-order valence-electron chi connectivity index (χ3n) is 1.75. The third-order valence-corrected chi connectivity index (χ3v) is 1.75. The second kappa shape index (κ2) is 3.23. The molecule has 0 aliphatic carbocycles. The van der Waals surface area contributed by atoms with Gasteiger partial charge in [0.05, 0.1) is 6.67 Å². The Morgan fingerprint density at radius 1 is 1.36 bits per heavy atom. The number of nitrogens with zero attached hydrogens (tertiary/aromatic N) is 2. The summed E-state index contributed by atoms with van der Waals surface area (Å²) in [6.07, 6.45) is 3.85. The minimum Gasteiger partial charge on any atom is -0.360 e. The second-order valence-electron chi connectivity index (χ2n) is 2.43. The number of carbonyl (C=O) groups is 1. The smallest absolute Gasteiger partial charge is 0.229 e. The van der Waals surface area contributed by atoms with Crippen molar-refractivity contribution in [2.24, 2.45) is 0 Å². The topological polar surface area (TPSA) is 23.6 Å². The Morgan fingerprint density at radius 3 is 2.64 bits per heavy atom. The minimum atomic E-state index is 0.137. The van der Waals surface area contributed by atoms with E-state index in [2.05, 4.69) is 13.2 Å². The Kier molecular flexibility index (Phi) is 2.31. The lowest BCUT2D eigenvalue weighted by molar-refractivity contribution is -0.133. The van der Waals surface area contributed by atoms with Crippen LogP contribution in [-0.4, -0.2) is 28.9 Å². The first-order chi connectivity index (χ1) is 5.27. The van der Waals surface area contributed by atoms with Gasteiger partial charge in [0.2, 0.25) is 5.91 Å². The van der Waals surface area contributed by atoms with Gasteiger partial charge in [0.1, 0.15) is 0 Å². The van der Waals surface area contributed by atoms with E-state index in [4.69, 9.17) is 0 Å². The van der Waals surface area contributed by atoms with E-state index in [1.165, 1.54) is 0 Å². The van der Waals surface area contributed by atoms with Gasteiger partial charge in [-0.2, -0.15) is 0 Å². The molecule has 1 heterocycles. The fourth-order valence-corrected chi connectivity index (χ4v) is 1.04. The van der Waals surface area contributed by atoms with Gasteiger partial charge in [0.25, 0.3) is 0 Å². The van der Waals surface area contributed by atoms with E-state index < -0.39 is 0 Å². The average Bonchev–Trinajstić information content (AvgIpc) is 2.05. The van der Waals surface area contributed by atoms with Crippen LogP contribution in [0.2, 0.25) is 0 Å². The monoisotopic (exact) mass is 152 g/mol. The number of hydrogen-bond acceptors (Lipinski definition) is 2. The molecule has 0 aromatic heterocycles. The van der Waals surface area contributed by atoms with E-state index in [0.717, 1.165) is 6.54 Å². The maximum Gasteiger partial charge on any atom is 0.229 e. The molecule has 1 aliphatic heterocycles. The van der Waals surface area contributed by atoms with Crippen LogP contribution < -0.4 is 0 Å². The molecule has 0 bridgehead atoms. The lowest BCUT2D eigenvalue weighted by Crippen LogP contribution is -2.42. The maximum absolute atomic E-state index is 11.1. The minimum absolute atomic E-state index is 0.137. The fourth-order valence-electron chi connectivity index (χ4n) is 1.04. The van der Waals surface area contributed by atoms with E-state index in [1.54, 1.807) is 17.3 Å². The first-order valence-corrected chi connectivity index (χ1v) is 3.56. The maximum atomic E-state index is 11.1. The van der Waals surface area contributed by atoms with Crippen LogP contribution in [-0.2, 0) is 4.79 Å². The molecule has 1 rings (SSSR count). The molecule has 1 aliphatic rings. The van der Waals surface area contributed by atoms with Crippen LogP contribution in [0.15, 0.2) is 25.6 Å². The molecule has 0 saturated carbocycles. The van der Waals surface area contributed by atoms with Crippen molar-refractivity contribution in [3.63, 3.8) is 0 Å². The van der Waals surface area contributed by atoms with Gasteiger partial charge in [-0.05, 0) is 6.20 Å². The first-order valence-electron chi connectivity index (χ1n) is 3.56. The molecule has 1 fully saturated rings. The molecule has 1 saturated heterocycles. The second-order valence-corrected chi connectivity index (χ2v) is 2.43. The summed E-state index contributed by atoms with van der Waals surface area (Å²) in [6, 6.07) is 0. The molecular weight excluding hydrogens is 140 g/mol. The van der Waals surface area contributed by atoms with Crippen LogP contribution >= 0.6 is 0 Å². The van der Waals surface area contributed by atoms with Crippen LogP contribution in [0.1, 0.15) is 6.42 Å². The third kappa shape index (κ3) is 1.61. The summed E-state index contributed by atoms with van der Waals surface area (Å²) in [5.74, 6) is 0.137. The van der Waals surface area contributed by atoms with E-state index in [0.29, 0.717) is 13.1 Å². The lowest BCUT2D eigenvalue weighted by atomic mass is 10.3. The van der Waals surface area contributed by atoms with Gasteiger partial charge >= 0.3 is 0 Å². The van der Waals surface area contributed by atoms with Crippen molar-refractivity contribution in [2.75, 3.05) is 13.2 Å². The van der Waals surface area contributed by atoms with E-state index in [9.17, 15) is 4.79 Å². The van der Waals surface area contributed by atoms with Gasteiger partial charge in [0.15, 0.2) is 0 Å². The zero-order valence-electron chi connectivity index (χ0n) is 6.49. The Labute approximate surface area is 66.6 Å². The molecule has 1 amide bonds. The SMILES string of the molecule is C=CN1CCC(=O)N(C=C)C1. The van der Waals surface area contributed by atoms with Gasteiger partial charge in [0, 0.05) is 19.2 Å². The number of amides is 1. The summed E-state index contributed by atoms with van der Waals surface area (Å²) in [7, 11) is 0. The van der Waals surface area contributed by atoms with Crippen LogP contribution in [0.4, 0.5) is 0 Å². The van der Waals surface area contributed by atoms with E-state index in [-0.39, 0.29) is 5.91 Å². The molecule has 60 valence electrons. The molecular formula is C8H12N2O. The van der Waals surface area contributed by atoms with Crippen molar-refractivity contribution in [3.05, 3.63) is 25.6 Å². The zero-order chi connectivity index (χ0) is 8.27. The van der Waals surface area contributed by atoms with Gasteiger partial charge in [-0.3, -0.25) is 4.79 Å². The number of carbonyl (C=O) groups excluding carboxylic acids is 1. The highest BCUT2D eigenvalue weighted by molar-refractivity contribution is 5.77. The Bertz CT molecular complexity index is 189. The molecule has 0 atom stereocenters. The first kappa shape index (κ1) is 7.85. The van der Waals surface area contributed by atoms with Gasteiger partial charge in [-0.1, -0.05) is 13.2 Å². The van der Waals surface area contributed by atoms with Gasteiger partial charge in [-0.25, -0.2) is 0 Å². The highest BCUT2D eigenvalue weighted by Gasteiger charge is 2.18. The largest absolute Gasteiger partial charge is 0.360 e. The molecule has 0 N–H and O–H groups in total. The highest BCUT2D eigenvalue weighted by Crippen LogP contribution is 2.06. The van der Waals surface area contributed by atoms with Crippen LogP contribution in [0.3, 0.4) is 0 Å². The number of rotatable bonds is 2. The summed E-state index contributed by atoms with van der Waals surface area (Å²) in [6.45, 7) is 8.54. The average molecular weight is 152 g/mol. The predicted octanol–water partition coefficient (Wildman–Crippen LogP) is 0.765. The molecule has 3 heteroatoms. The van der Waals surface area contributed by atoms with Crippen LogP contribution in [0, 0.1) is 0 Å².